The van der Waals surface area contributed by atoms with Gasteiger partial charge in [-0.25, -0.2) is 4.99 Å². The molecule has 1 unspecified atom stereocenters. The third kappa shape index (κ3) is 2.99. The maximum Gasteiger partial charge on any atom is 0.222 e. The Balaban J connectivity index is 1.66. The largest absolute Gasteiger partial charge is 0.465 e. The van der Waals surface area contributed by atoms with E-state index in [-0.39, 0.29) is 6.10 Å². The van der Waals surface area contributed by atoms with Crippen molar-refractivity contribution in [3.63, 3.8) is 0 Å². The van der Waals surface area contributed by atoms with Crippen LogP contribution in [0.25, 0.3) is 6.08 Å². The predicted molar refractivity (Wildman–Crippen MR) is 98.4 cm³/mol. The highest BCUT2D eigenvalue weighted by molar-refractivity contribution is 6.00. The summed E-state index contributed by atoms with van der Waals surface area (Å²) >= 11 is 0. The number of fused-ring (bicyclic) bond motifs is 1. The Hall–Kier alpha value is -3.13. The average Bonchev–Trinajstić information content (AvgIpc) is 3.00. The van der Waals surface area contributed by atoms with E-state index in [9.17, 15) is 0 Å². The SMILES string of the molecule is C(=C\C1OC(=Nc2ccccc2)c2ccccc21)/c1ccccc1. The molecule has 0 bridgehead atoms. The van der Waals surface area contributed by atoms with Crippen molar-refractivity contribution in [2.45, 2.75) is 6.10 Å². The Morgan fingerprint density at radius 1 is 0.750 bits per heavy atom. The summed E-state index contributed by atoms with van der Waals surface area (Å²) in [6, 6.07) is 28.4. The van der Waals surface area contributed by atoms with E-state index in [1.54, 1.807) is 0 Å². The van der Waals surface area contributed by atoms with Crippen molar-refractivity contribution in [3.8, 4) is 0 Å². The summed E-state index contributed by atoms with van der Waals surface area (Å²) in [7, 11) is 0. The van der Waals surface area contributed by atoms with Crippen molar-refractivity contribution in [1.82, 2.24) is 0 Å². The molecule has 0 aromatic heterocycles. The van der Waals surface area contributed by atoms with Crippen LogP contribution in [0.4, 0.5) is 5.69 Å². The van der Waals surface area contributed by atoms with Crippen molar-refractivity contribution in [3.05, 3.63) is 108 Å². The summed E-state index contributed by atoms with van der Waals surface area (Å²) in [6.45, 7) is 0. The molecule has 3 aromatic rings. The van der Waals surface area contributed by atoms with E-state index >= 15 is 0 Å². The highest BCUT2D eigenvalue weighted by Crippen LogP contribution is 2.33. The number of hydrogen-bond donors (Lipinski definition) is 0. The van der Waals surface area contributed by atoms with Gasteiger partial charge in [0.1, 0.15) is 6.10 Å². The Bertz CT molecular complexity index is 882. The normalized spacial score (nSPS) is 17.8. The van der Waals surface area contributed by atoms with Gasteiger partial charge in [0.25, 0.3) is 0 Å². The molecule has 2 heteroatoms. The van der Waals surface area contributed by atoms with Crippen LogP contribution in [0.1, 0.15) is 22.8 Å². The van der Waals surface area contributed by atoms with Gasteiger partial charge in [-0.3, -0.25) is 0 Å². The maximum absolute atomic E-state index is 6.12. The van der Waals surface area contributed by atoms with Crippen LogP contribution in [0.3, 0.4) is 0 Å². The molecule has 2 nitrogen and oxygen atoms in total. The fourth-order valence-electron chi connectivity index (χ4n) is 2.80. The molecule has 1 aliphatic rings. The summed E-state index contributed by atoms with van der Waals surface area (Å²) in [6.07, 6.45) is 4.07. The number of benzene rings is 3. The fourth-order valence-corrected chi connectivity index (χ4v) is 2.80. The lowest BCUT2D eigenvalue weighted by Crippen LogP contribution is -1.97. The van der Waals surface area contributed by atoms with Crippen LogP contribution in [-0.2, 0) is 4.74 Å². The van der Waals surface area contributed by atoms with Gasteiger partial charge in [-0.05, 0) is 29.8 Å². The lowest BCUT2D eigenvalue weighted by molar-refractivity contribution is 0.262. The standard InChI is InChI=1S/C22H17NO/c1-3-9-17(10-4-1)15-16-21-19-13-7-8-14-20(19)22(24-21)23-18-11-5-2-6-12-18/h1-16,21H/b16-15+,23-22?. The first-order valence-electron chi connectivity index (χ1n) is 8.03. The van der Waals surface area contributed by atoms with Gasteiger partial charge in [-0.15, -0.1) is 0 Å². The van der Waals surface area contributed by atoms with Crippen LogP contribution in [-0.4, -0.2) is 5.90 Å². The monoisotopic (exact) mass is 311 g/mol. The van der Waals surface area contributed by atoms with E-state index in [4.69, 9.17) is 4.74 Å². The molecule has 1 atom stereocenters. The van der Waals surface area contributed by atoms with Crippen molar-refractivity contribution >= 4 is 17.7 Å². The molecular weight excluding hydrogens is 294 g/mol. The van der Waals surface area contributed by atoms with Gasteiger partial charge in [-0.2, -0.15) is 0 Å². The van der Waals surface area contributed by atoms with E-state index in [1.165, 1.54) is 0 Å². The van der Waals surface area contributed by atoms with Gasteiger partial charge in [0.05, 0.1) is 5.69 Å². The average molecular weight is 311 g/mol. The van der Waals surface area contributed by atoms with Crippen LogP contribution in [0.15, 0.2) is 96.0 Å². The third-order valence-corrected chi connectivity index (χ3v) is 3.99. The molecule has 0 spiro atoms. The second kappa shape index (κ2) is 6.55. The van der Waals surface area contributed by atoms with Crippen LogP contribution < -0.4 is 0 Å². The zero-order chi connectivity index (χ0) is 16.2. The van der Waals surface area contributed by atoms with Crippen LogP contribution in [0, 0.1) is 0 Å². The molecule has 1 aliphatic heterocycles. The van der Waals surface area contributed by atoms with E-state index in [1.807, 2.05) is 60.7 Å². The topological polar surface area (TPSA) is 21.6 Å². The maximum atomic E-state index is 6.12. The molecule has 24 heavy (non-hydrogen) atoms. The Kier molecular flexibility index (Phi) is 3.95. The number of hydrogen-bond acceptors (Lipinski definition) is 2. The minimum absolute atomic E-state index is 0.108. The molecule has 0 fully saturated rings. The molecule has 0 aliphatic carbocycles. The summed E-state index contributed by atoms with van der Waals surface area (Å²) in [5, 5.41) is 0. The number of para-hydroxylation sites is 1. The van der Waals surface area contributed by atoms with Gasteiger partial charge < -0.3 is 4.74 Å². The summed E-state index contributed by atoms with van der Waals surface area (Å²) < 4.78 is 6.12. The van der Waals surface area contributed by atoms with Gasteiger partial charge in [0.15, 0.2) is 0 Å². The molecule has 0 N–H and O–H groups in total. The highest BCUT2D eigenvalue weighted by Gasteiger charge is 2.27. The molecule has 0 amide bonds. The molecule has 1 heterocycles. The van der Waals surface area contributed by atoms with Crippen molar-refractivity contribution in [2.75, 3.05) is 0 Å². The number of ether oxygens (including phenoxy) is 1. The zero-order valence-electron chi connectivity index (χ0n) is 13.2. The minimum Gasteiger partial charge on any atom is -0.465 e. The van der Waals surface area contributed by atoms with E-state index in [0.717, 1.165) is 22.4 Å². The second-order valence-corrected chi connectivity index (χ2v) is 5.65. The van der Waals surface area contributed by atoms with Gasteiger partial charge in [-0.1, -0.05) is 72.8 Å². The molecular formula is C22H17NO. The summed E-state index contributed by atoms with van der Waals surface area (Å²) in [5.74, 6) is 0.680. The number of aliphatic imine (C=N–C) groups is 1. The quantitative estimate of drug-likeness (QED) is 0.621. The Morgan fingerprint density at radius 2 is 1.42 bits per heavy atom. The molecule has 0 radical (unpaired) electrons. The first-order valence-corrected chi connectivity index (χ1v) is 8.03. The molecule has 116 valence electrons. The first kappa shape index (κ1) is 14.5. The first-order chi connectivity index (χ1) is 11.9. The fraction of sp³-hybridized carbons (Fsp3) is 0.0455. The van der Waals surface area contributed by atoms with Crippen molar-refractivity contribution in [1.29, 1.82) is 0 Å². The highest BCUT2D eigenvalue weighted by atomic mass is 16.5. The number of nitrogens with zero attached hydrogens (tertiary/aromatic N) is 1. The molecule has 0 saturated heterocycles. The Labute approximate surface area is 141 Å². The molecule has 3 aromatic carbocycles. The van der Waals surface area contributed by atoms with E-state index in [0.29, 0.717) is 5.90 Å². The van der Waals surface area contributed by atoms with Gasteiger partial charge >= 0.3 is 0 Å². The van der Waals surface area contributed by atoms with Crippen LogP contribution in [0.2, 0.25) is 0 Å². The van der Waals surface area contributed by atoms with E-state index in [2.05, 4.69) is 41.4 Å². The van der Waals surface area contributed by atoms with Crippen LogP contribution in [0.5, 0.6) is 0 Å². The summed E-state index contributed by atoms with van der Waals surface area (Å²) in [4.78, 5) is 4.67. The van der Waals surface area contributed by atoms with Crippen molar-refractivity contribution in [2.24, 2.45) is 4.99 Å². The van der Waals surface area contributed by atoms with Crippen LogP contribution >= 0.6 is 0 Å². The predicted octanol–water partition coefficient (Wildman–Crippen LogP) is 5.55. The lowest BCUT2D eigenvalue weighted by atomic mass is 10.0. The smallest absolute Gasteiger partial charge is 0.222 e. The zero-order valence-corrected chi connectivity index (χ0v) is 13.2. The summed E-state index contributed by atoms with van der Waals surface area (Å²) in [5.41, 5.74) is 4.27. The van der Waals surface area contributed by atoms with E-state index < -0.39 is 0 Å². The molecule has 0 saturated carbocycles. The van der Waals surface area contributed by atoms with Gasteiger partial charge in [0.2, 0.25) is 5.90 Å². The lowest BCUT2D eigenvalue weighted by Gasteiger charge is -2.06. The second-order valence-electron chi connectivity index (χ2n) is 5.65. The third-order valence-electron chi connectivity index (χ3n) is 3.99. The molecule has 4 rings (SSSR count). The number of rotatable bonds is 3. The van der Waals surface area contributed by atoms with Gasteiger partial charge in [0, 0.05) is 11.1 Å². The minimum atomic E-state index is -0.108. The van der Waals surface area contributed by atoms with Crippen molar-refractivity contribution < 1.29 is 4.74 Å². The Morgan fingerprint density at radius 3 is 2.21 bits per heavy atom.